The molecule has 1 heterocycles. The van der Waals surface area contributed by atoms with Gasteiger partial charge >= 0.3 is 0 Å². The smallest absolute Gasteiger partial charge is 0.268 e. The average molecular weight is 292 g/mol. The Kier molecular flexibility index (Phi) is 3.44. The van der Waals surface area contributed by atoms with Crippen LogP contribution in [0, 0.1) is 0 Å². The number of hydrogen-bond acceptors (Lipinski definition) is 2. The third kappa shape index (κ3) is 2.30. The fraction of sp³-hybridized carbons (Fsp3) is 0.400. The molecule has 2 aromatic rings. The molecule has 5 heteroatoms. The van der Waals surface area contributed by atoms with Crippen LogP contribution >= 0.6 is 11.6 Å². The van der Waals surface area contributed by atoms with E-state index in [9.17, 15) is 4.79 Å². The van der Waals surface area contributed by atoms with Crippen LogP contribution < -0.4 is 11.1 Å². The van der Waals surface area contributed by atoms with Crippen molar-refractivity contribution in [3.05, 3.63) is 35.0 Å². The van der Waals surface area contributed by atoms with E-state index in [0.717, 1.165) is 30.2 Å². The van der Waals surface area contributed by atoms with Crippen molar-refractivity contribution in [1.82, 2.24) is 9.88 Å². The molecule has 0 bridgehead atoms. The lowest BCUT2D eigenvalue weighted by Crippen LogP contribution is -2.44. The summed E-state index contributed by atoms with van der Waals surface area (Å²) in [5, 5.41) is 4.69. The largest absolute Gasteiger partial charge is 0.346 e. The van der Waals surface area contributed by atoms with E-state index in [2.05, 4.69) is 5.32 Å². The maximum Gasteiger partial charge on any atom is 0.268 e. The molecule has 1 fully saturated rings. The van der Waals surface area contributed by atoms with Crippen LogP contribution in [0.3, 0.4) is 0 Å². The summed E-state index contributed by atoms with van der Waals surface area (Å²) in [6, 6.07) is 7.66. The summed E-state index contributed by atoms with van der Waals surface area (Å²) in [4.78, 5) is 12.4. The Labute approximate surface area is 122 Å². The number of aryl methyl sites for hydroxylation is 1. The summed E-state index contributed by atoms with van der Waals surface area (Å²) in [7, 11) is 1.89. The molecular weight excluding hydrogens is 274 g/mol. The van der Waals surface area contributed by atoms with E-state index in [4.69, 9.17) is 17.3 Å². The summed E-state index contributed by atoms with van der Waals surface area (Å²) >= 11 is 5.99. The fourth-order valence-electron chi connectivity index (χ4n) is 2.95. The SMILES string of the molecule is Cn1c(C(=O)N[C@H]2CCC[C@@H]2N)cc2cc(Cl)ccc21. The van der Waals surface area contributed by atoms with Crippen molar-refractivity contribution >= 4 is 28.4 Å². The zero-order chi connectivity index (χ0) is 14.3. The Balaban J connectivity index is 1.89. The molecule has 106 valence electrons. The monoisotopic (exact) mass is 291 g/mol. The Hall–Kier alpha value is -1.52. The van der Waals surface area contributed by atoms with Gasteiger partial charge in [-0.15, -0.1) is 0 Å². The summed E-state index contributed by atoms with van der Waals surface area (Å²) in [6.07, 6.45) is 3.02. The van der Waals surface area contributed by atoms with Gasteiger partial charge in [-0.3, -0.25) is 4.79 Å². The Morgan fingerprint density at radius 2 is 2.20 bits per heavy atom. The number of benzene rings is 1. The summed E-state index contributed by atoms with van der Waals surface area (Å²) in [6.45, 7) is 0. The fourth-order valence-corrected chi connectivity index (χ4v) is 3.13. The minimum Gasteiger partial charge on any atom is -0.346 e. The van der Waals surface area contributed by atoms with Gasteiger partial charge in [-0.25, -0.2) is 0 Å². The second-order valence-electron chi connectivity index (χ2n) is 5.47. The number of carbonyl (C=O) groups is 1. The number of rotatable bonds is 2. The number of hydrogen-bond donors (Lipinski definition) is 2. The molecule has 1 amide bonds. The Bertz CT molecular complexity index is 664. The average Bonchev–Trinajstić information content (AvgIpc) is 2.94. The first kappa shape index (κ1) is 13.5. The molecule has 0 aliphatic heterocycles. The van der Waals surface area contributed by atoms with Gasteiger partial charge in [0.2, 0.25) is 0 Å². The standard InChI is InChI=1S/C15H18ClN3O/c1-19-13-6-5-10(16)7-9(13)8-14(19)15(20)18-12-4-2-3-11(12)17/h5-8,11-12H,2-4,17H2,1H3,(H,18,20)/t11-,12-/m0/s1. The molecule has 4 nitrogen and oxygen atoms in total. The number of nitrogens with one attached hydrogen (secondary N) is 1. The van der Waals surface area contributed by atoms with Crippen molar-refractivity contribution in [1.29, 1.82) is 0 Å². The first-order valence-corrected chi connectivity index (χ1v) is 7.25. The van der Waals surface area contributed by atoms with Crippen LogP contribution in [-0.4, -0.2) is 22.6 Å². The zero-order valence-electron chi connectivity index (χ0n) is 11.4. The summed E-state index contributed by atoms with van der Waals surface area (Å²) in [5.74, 6) is -0.0674. The third-order valence-corrected chi connectivity index (χ3v) is 4.36. The predicted molar refractivity (Wildman–Crippen MR) is 81.0 cm³/mol. The van der Waals surface area contributed by atoms with E-state index in [1.54, 1.807) is 0 Å². The summed E-state index contributed by atoms with van der Waals surface area (Å²) < 4.78 is 1.89. The number of nitrogens with two attached hydrogens (primary N) is 1. The molecular formula is C15H18ClN3O. The van der Waals surface area contributed by atoms with Crippen LogP contribution in [0.5, 0.6) is 0 Å². The molecule has 1 aromatic heterocycles. The number of fused-ring (bicyclic) bond motifs is 1. The normalized spacial score (nSPS) is 22.4. The number of nitrogens with zero attached hydrogens (tertiary/aromatic N) is 1. The number of carbonyl (C=O) groups excluding carboxylic acids is 1. The molecule has 1 aromatic carbocycles. The van der Waals surface area contributed by atoms with Crippen molar-refractivity contribution in [2.24, 2.45) is 12.8 Å². The summed E-state index contributed by atoms with van der Waals surface area (Å²) in [5.41, 5.74) is 7.64. The molecule has 1 aliphatic rings. The highest BCUT2D eigenvalue weighted by Gasteiger charge is 2.26. The topological polar surface area (TPSA) is 60.0 Å². The lowest BCUT2D eigenvalue weighted by molar-refractivity contribution is 0.0927. The van der Waals surface area contributed by atoms with Crippen molar-refractivity contribution < 1.29 is 4.79 Å². The maximum atomic E-state index is 12.4. The molecule has 3 rings (SSSR count). The molecule has 1 saturated carbocycles. The molecule has 0 unspecified atom stereocenters. The molecule has 3 N–H and O–H groups in total. The first-order chi connectivity index (χ1) is 9.56. The van der Waals surface area contributed by atoms with Gasteiger partial charge in [-0.2, -0.15) is 0 Å². The second-order valence-corrected chi connectivity index (χ2v) is 5.90. The van der Waals surface area contributed by atoms with E-state index < -0.39 is 0 Å². The van der Waals surface area contributed by atoms with Crippen LogP contribution in [0.2, 0.25) is 5.02 Å². The number of aromatic nitrogens is 1. The molecule has 0 spiro atoms. The lowest BCUT2D eigenvalue weighted by atomic mass is 10.2. The quantitative estimate of drug-likeness (QED) is 0.893. The van der Waals surface area contributed by atoms with Gasteiger partial charge in [-0.1, -0.05) is 11.6 Å². The van der Waals surface area contributed by atoms with Gasteiger partial charge in [0.25, 0.3) is 5.91 Å². The van der Waals surface area contributed by atoms with Gasteiger partial charge in [0.15, 0.2) is 0 Å². The van der Waals surface area contributed by atoms with Crippen molar-refractivity contribution in [3.8, 4) is 0 Å². The van der Waals surface area contributed by atoms with Crippen LogP contribution in [0.4, 0.5) is 0 Å². The molecule has 0 saturated heterocycles. The highest BCUT2D eigenvalue weighted by molar-refractivity contribution is 6.31. The Morgan fingerprint density at radius 3 is 2.90 bits per heavy atom. The van der Waals surface area contributed by atoms with Crippen molar-refractivity contribution in [2.75, 3.05) is 0 Å². The Morgan fingerprint density at radius 1 is 1.40 bits per heavy atom. The van der Waals surface area contributed by atoms with Crippen molar-refractivity contribution in [3.63, 3.8) is 0 Å². The zero-order valence-corrected chi connectivity index (χ0v) is 12.2. The van der Waals surface area contributed by atoms with Gasteiger partial charge in [0.1, 0.15) is 5.69 Å². The highest BCUT2D eigenvalue weighted by Crippen LogP contribution is 2.23. The van der Waals surface area contributed by atoms with Crippen LogP contribution in [0.15, 0.2) is 24.3 Å². The second kappa shape index (κ2) is 5.11. The predicted octanol–water partition coefficient (Wildman–Crippen LogP) is 2.44. The minimum absolute atomic E-state index is 0.0674. The molecule has 2 atom stereocenters. The van der Waals surface area contributed by atoms with E-state index in [0.29, 0.717) is 10.7 Å². The lowest BCUT2D eigenvalue weighted by Gasteiger charge is -2.17. The van der Waals surface area contributed by atoms with E-state index in [1.807, 2.05) is 35.9 Å². The molecule has 20 heavy (non-hydrogen) atoms. The van der Waals surface area contributed by atoms with E-state index in [-0.39, 0.29) is 18.0 Å². The maximum absolute atomic E-state index is 12.4. The number of halogens is 1. The van der Waals surface area contributed by atoms with Crippen molar-refractivity contribution in [2.45, 2.75) is 31.3 Å². The van der Waals surface area contributed by atoms with Gasteiger partial charge in [0.05, 0.1) is 0 Å². The highest BCUT2D eigenvalue weighted by atomic mass is 35.5. The first-order valence-electron chi connectivity index (χ1n) is 6.87. The number of amides is 1. The van der Waals surface area contributed by atoms with Gasteiger partial charge in [0, 0.05) is 35.1 Å². The van der Waals surface area contributed by atoms with Crippen LogP contribution in [0.25, 0.3) is 10.9 Å². The van der Waals surface area contributed by atoms with Gasteiger partial charge < -0.3 is 15.6 Å². The van der Waals surface area contributed by atoms with E-state index >= 15 is 0 Å². The van der Waals surface area contributed by atoms with Gasteiger partial charge in [-0.05, 0) is 43.5 Å². The van der Waals surface area contributed by atoms with Crippen LogP contribution in [0.1, 0.15) is 29.8 Å². The molecule has 1 aliphatic carbocycles. The molecule has 0 radical (unpaired) electrons. The minimum atomic E-state index is -0.0674. The van der Waals surface area contributed by atoms with E-state index in [1.165, 1.54) is 0 Å². The van der Waals surface area contributed by atoms with Crippen LogP contribution in [-0.2, 0) is 7.05 Å². The third-order valence-electron chi connectivity index (χ3n) is 4.12.